The fourth-order valence-electron chi connectivity index (χ4n) is 1.28. The molecule has 3 N–H and O–H groups in total. The molecular formula is C10H14Br2N2O2S. The van der Waals surface area contributed by atoms with Gasteiger partial charge in [-0.25, -0.2) is 13.6 Å². The monoisotopic (exact) mass is 384 g/mol. The van der Waals surface area contributed by atoms with Crippen LogP contribution in [0.15, 0.2) is 27.1 Å². The van der Waals surface area contributed by atoms with Crippen LogP contribution in [0.1, 0.15) is 12.0 Å². The van der Waals surface area contributed by atoms with E-state index in [1.54, 1.807) is 0 Å². The van der Waals surface area contributed by atoms with E-state index in [0.29, 0.717) is 19.5 Å². The lowest BCUT2D eigenvalue weighted by Crippen LogP contribution is -2.22. The van der Waals surface area contributed by atoms with E-state index >= 15 is 0 Å². The zero-order chi connectivity index (χ0) is 12.9. The summed E-state index contributed by atoms with van der Waals surface area (Å²) in [6.07, 6.45) is 0.524. The van der Waals surface area contributed by atoms with E-state index in [9.17, 15) is 8.42 Å². The van der Waals surface area contributed by atoms with E-state index in [1.165, 1.54) is 0 Å². The van der Waals surface area contributed by atoms with Crippen LogP contribution in [0, 0.1) is 0 Å². The Hall–Kier alpha value is 0.0500. The van der Waals surface area contributed by atoms with Crippen molar-refractivity contribution in [2.45, 2.75) is 13.0 Å². The van der Waals surface area contributed by atoms with Gasteiger partial charge in [0.2, 0.25) is 10.0 Å². The topological polar surface area (TPSA) is 72.2 Å². The van der Waals surface area contributed by atoms with Gasteiger partial charge in [0.1, 0.15) is 0 Å². The van der Waals surface area contributed by atoms with Crippen LogP contribution in [-0.4, -0.2) is 20.7 Å². The maximum atomic E-state index is 10.7. The molecule has 0 saturated heterocycles. The summed E-state index contributed by atoms with van der Waals surface area (Å²) in [6, 6.07) is 5.98. The molecule has 0 amide bonds. The Morgan fingerprint density at radius 1 is 1.24 bits per heavy atom. The van der Waals surface area contributed by atoms with Crippen LogP contribution in [0.2, 0.25) is 0 Å². The number of rotatable bonds is 6. The van der Waals surface area contributed by atoms with E-state index in [2.05, 4.69) is 37.2 Å². The van der Waals surface area contributed by atoms with Crippen molar-refractivity contribution in [3.05, 3.63) is 32.7 Å². The minimum atomic E-state index is -3.34. The van der Waals surface area contributed by atoms with Gasteiger partial charge < -0.3 is 5.32 Å². The summed E-state index contributed by atoms with van der Waals surface area (Å²) in [4.78, 5) is 0. The molecule has 0 aliphatic heterocycles. The third kappa shape index (κ3) is 6.52. The van der Waals surface area contributed by atoms with Crippen LogP contribution < -0.4 is 10.5 Å². The van der Waals surface area contributed by atoms with Crippen LogP contribution in [0.4, 0.5) is 0 Å². The van der Waals surface area contributed by atoms with Gasteiger partial charge >= 0.3 is 0 Å². The highest BCUT2D eigenvalue weighted by atomic mass is 79.9. The third-order valence-electron chi connectivity index (χ3n) is 2.10. The predicted octanol–water partition coefficient (Wildman–Crippen LogP) is 1.98. The highest BCUT2D eigenvalue weighted by Crippen LogP contribution is 2.23. The lowest BCUT2D eigenvalue weighted by atomic mass is 10.2. The fourth-order valence-corrected chi connectivity index (χ4v) is 2.50. The molecule has 0 radical (unpaired) electrons. The third-order valence-corrected chi connectivity index (χ3v) is 4.83. The van der Waals surface area contributed by atoms with E-state index in [0.717, 1.165) is 14.5 Å². The van der Waals surface area contributed by atoms with Crippen molar-refractivity contribution in [2.75, 3.05) is 12.3 Å². The molecule has 0 aliphatic carbocycles. The Labute approximate surface area is 118 Å². The Kier molecular flexibility index (Phi) is 6.08. The second-order valence-electron chi connectivity index (χ2n) is 3.65. The number of hydrogen-bond acceptors (Lipinski definition) is 3. The first kappa shape index (κ1) is 15.1. The van der Waals surface area contributed by atoms with Crippen molar-refractivity contribution in [3.8, 4) is 0 Å². The van der Waals surface area contributed by atoms with Crippen molar-refractivity contribution < 1.29 is 8.42 Å². The Bertz CT molecular complexity index is 477. The molecule has 0 fully saturated rings. The van der Waals surface area contributed by atoms with Crippen molar-refractivity contribution >= 4 is 41.9 Å². The van der Waals surface area contributed by atoms with Gasteiger partial charge in [-0.1, -0.05) is 6.07 Å². The molecule has 0 unspecified atom stereocenters. The summed E-state index contributed by atoms with van der Waals surface area (Å²) >= 11 is 6.82. The first-order chi connectivity index (χ1) is 7.88. The summed E-state index contributed by atoms with van der Waals surface area (Å²) in [7, 11) is -3.34. The van der Waals surface area contributed by atoms with Gasteiger partial charge in [-0.3, -0.25) is 0 Å². The van der Waals surface area contributed by atoms with Crippen LogP contribution in [0.5, 0.6) is 0 Å². The number of halogens is 2. The second-order valence-corrected chi connectivity index (χ2v) is 7.09. The number of hydrogen-bond donors (Lipinski definition) is 2. The van der Waals surface area contributed by atoms with E-state index < -0.39 is 10.0 Å². The predicted molar refractivity (Wildman–Crippen MR) is 76.1 cm³/mol. The van der Waals surface area contributed by atoms with Crippen LogP contribution >= 0.6 is 31.9 Å². The van der Waals surface area contributed by atoms with Crippen molar-refractivity contribution in [1.82, 2.24) is 5.32 Å². The Morgan fingerprint density at radius 2 is 1.94 bits per heavy atom. The minimum Gasteiger partial charge on any atom is -0.313 e. The van der Waals surface area contributed by atoms with Gasteiger partial charge in [0.05, 0.1) is 5.75 Å². The fraction of sp³-hybridized carbons (Fsp3) is 0.400. The van der Waals surface area contributed by atoms with Crippen LogP contribution in [0.25, 0.3) is 0 Å². The number of benzene rings is 1. The average molecular weight is 386 g/mol. The number of primary sulfonamides is 1. The smallest absolute Gasteiger partial charge is 0.209 e. The standard InChI is InChI=1S/C10H14Br2N2O2S/c11-9-3-2-8(6-10(9)12)7-14-4-1-5-17(13,15)16/h2-3,6,14H,1,4-5,7H2,(H2,13,15,16). The first-order valence-electron chi connectivity index (χ1n) is 5.03. The first-order valence-corrected chi connectivity index (χ1v) is 8.34. The lowest BCUT2D eigenvalue weighted by Gasteiger charge is -2.05. The van der Waals surface area contributed by atoms with Gasteiger partial charge in [0, 0.05) is 15.5 Å². The van der Waals surface area contributed by atoms with Gasteiger partial charge in [0.25, 0.3) is 0 Å². The Balaban J connectivity index is 2.29. The molecule has 1 aromatic carbocycles. The number of sulfonamides is 1. The summed E-state index contributed by atoms with van der Waals surface area (Å²) in [5.41, 5.74) is 1.13. The molecular weight excluding hydrogens is 372 g/mol. The van der Waals surface area contributed by atoms with E-state index in [1.807, 2.05) is 18.2 Å². The molecule has 0 aliphatic rings. The normalized spacial score (nSPS) is 11.7. The van der Waals surface area contributed by atoms with Crippen molar-refractivity contribution in [1.29, 1.82) is 0 Å². The maximum Gasteiger partial charge on any atom is 0.209 e. The summed E-state index contributed by atoms with van der Waals surface area (Å²) < 4.78 is 23.4. The maximum absolute atomic E-state index is 10.7. The van der Waals surface area contributed by atoms with Crippen LogP contribution in [0.3, 0.4) is 0 Å². The molecule has 0 saturated carbocycles. The average Bonchev–Trinajstić information content (AvgIpc) is 2.21. The van der Waals surface area contributed by atoms with E-state index in [4.69, 9.17) is 5.14 Å². The number of nitrogens with one attached hydrogen (secondary N) is 1. The quantitative estimate of drug-likeness (QED) is 0.735. The van der Waals surface area contributed by atoms with Gasteiger partial charge in [-0.2, -0.15) is 0 Å². The molecule has 0 spiro atoms. The van der Waals surface area contributed by atoms with Gasteiger partial charge in [0.15, 0.2) is 0 Å². The molecule has 17 heavy (non-hydrogen) atoms. The summed E-state index contributed by atoms with van der Waals surface area (Å²) in [6.45, 7) is 1.33. The summed E-state index contributed by atoms with van der Waals surface area (Å²) in [5, 5.41) is 8.06. The summed E-state index contributed by atoms with van der Waals surface area (Å²) in [5.74, 6) is 0.0179. The number of nitrogens with two attached hydrogens (primary N) is 1. The van der Waals surface area contributed by atoms with Crippen molar-refractivity contribution in [3.63, 3.8) is 0 Å². The molecule has 0 bridgehead atoms. The minimum absolute atomic E-state index is 0.0179. The molecule has 0 aromatic heterocycles. The zero-order valence-corrected chi connectivity index (χ0v) is 13.1. The SMILES string of the molecule is NS(=O)(=O)CCCNCc1ccc(Br)c(Br)c1. The molecule has 96 valence electrons. The highest BCUT2D eigenvalue weighted by molar-refractivity contribution is 9.13. The molecule has 0 atom stereocenters. The van der Waals surface area contributed by atoms with Crippen LogP contribution in [-0.2, 0) is 16.6 Å². The lowest BCUT2D eigenvalue weighted by molar-refractivity contribution is 0.590. The van der Waals surface area contributed by atoms with Gasteiger partial charge in [-0.15, -0.1) is 0 Å². The molecule has 0 heterocycles. The molecule has 1 aromatic rings. The molecule has 1 rings (SSSR count). The van der Waals surface area contributed by atoms with Crippen molar-refractivity contribution in [2.24, 2.45) is 5.14 Å². The second kappa shape index (κ2) is 6.84. The molecule has 4 nitrogen and oxygen atoms in total. The molecule has 7 heteroatoms. The highest BCUT2D eigenvalue weighted by Gasteiger charge is 2.02. The Morgan fingerprint density at radius 3 is 2.53 bits per heavy atom. The largest absolute Gasteiger partial charge is 0.313 e. The van der Waals surface area contributed by atoms with Gasteiger partial charge in [-0.05, 0) is 62.5 Å². The van der Waals surface area contributed by atoms with E-state index in [-0.39, 0.29) is 5.75 Å². The zero-order valence-electron chi connectivity index (χ0n) is 9.12.